The fourth-order valence-corrected chi connectivity index (χ4v) is 3.59. The highest BCUT2D eigenvalue weighted by Crippen LogP contribution is 2.20. The molecule has 1 N–H and O–H groups in total. The first-order valence-corrected chi connectivity index (χ1v) is 9.60. The van der Waals surface area contributed by atoms with Crippen molar-refractivity contribution in [2.45, 2.75) is 19.5 Å². The van der Waals surface area contributed by atoms with Crippen LogP contribution in [0.25, 0.3) is 11.0 Å². The van der Waals surface area contributed by atoms with Gasteiger partial charge in [0.05, 0.1) is 17.5 Å². The normalized spacial score (nSPS) is 15.0. The summed E-state index contributed by atoms with van der Waals surface area (Å²) in [7, 11) is 0. The van der Waals surface area contributed by atoms with Crippen LogP contribution in [0.1, 0.15) is 12.0 Å². The molecular weight excluding hydrogens is 378 g/mol. The van der Waals surface area contributed by atoms with Gasteiger partial charge in [0.15, 0.2) is 0 Å². The average Bonchev–Trinajstić information content (AvgIpc) is 2.96. The molecule has 0 bridgehead atoms. The minimum Gasteiger partial charge on any atom is -0.435 e. The summed E-state index contributed by atoms with van der Waals surface area (Å²) in [4.78, 5) is 24.7. The number of hydrogen-bond acceptors (Lipinski definition) is 4. The summed E-state index contributed by atoms with van der Waals surface area (Å²) in [6, 6.07) is 14.2. The minimum atomic E-state index is -2.88. The number of aromatic amines is 1. The molecule has 29 heavy (non-hydrogen) atoms. The van der Waals surface area contributed by atoms with E-state index in [0.717, 1.165) is 29.9 Å². The maximum Gasteiger partial charge on any atom is 0.387 e. The van der Waals surface area contributed by atoms with Gasteiger partial charge in [-0.15, -0.1) is 0 Å². The number of nitrogens with one attached hydrogen (secondary N) is 1. The molecule has 1 saturated heterocycles. The van der Waals surface area contributed by atoms with E-state index in [1.807, 2.05) is 29.2 Å². The summed E-state index contributed by atoms with van der Waals surface area (Å²) in [6.45, 7) is -0.149. The molecule has 152 valence electrons. The third-order valence-corrected chi connectivity index (χ3v) is 5.00. The first-order valence-electron chi connectivity index (χ1n) is 9.60. The Hall–Kier alpha value is -3.16. The molecular formula is C21H22F2N4O2. The Kier molecular flexibility index (Phi) is 5.59. The topological polar surface area (TPSA) is 61.5 Å². The quantitative estimate of drug-likeness (QED) is 0.713. The second-order valence-corrected chi connectivity index (χ2v) is 7.00. The van der Waals surface area contributed by atoms with Gasteiger partial charge in [-0.25, -0.2) is 4.98 Å². The number of ether oxygens (including phenoxy) is 1. The predicted octanol–water partition coefficient (Wildman–Crippen LogP) is 3.45. The zero-order valence-electron chi connectivity index (χ0n) is 15.9. The number of anilines is 1. The summed E-state index contributed by atoms with van der Waals surface area (Å²) in [5.74, 6) is 0.861. The molecule has 2 heterocycles. The summed E-state index contributed by atoms with van der Waals surface area (Å²) in [6.07, 6.45) is 0.988. The van der Waals surface area contributed by atoms with Gasteiger partial charge in [0.25, 0.3) is 0 Å². The van der Waals surface area contributed by atoms with Crippen LogP contribution in [-0.2, 0) is 11.2 Å². The molecule has 8 heteroatoms. The summed E-state index contributed by atoms with van der Waals surface area (Å²) in [5.41, 5.74) is 2.57. The molecule has 0 aliphatic carbocycles. The Bertz CT molecular complexity index is 958. The monoisotopic (exact) mass is 400 g/mol. The smallest absolute Gasteiger partial charge is 0.387 e. The largest absolute Gasteiger partial charge is 0.435 e. The summed E-state index contributed by atoms with van der Waals surface area (Å²) in [5, 5.41) is 0. The SMILES string of the molecule is O=C(Cc1cccc(OC(F)F)c1)N1CCCN(c2nc3ccccc3[nH]2)CC1. The van der Waals surface area contributed by atoms with E-state index < -0.39 is 6.61 Å². The van der Waals surface area contributed by atoms with Crippen molar-refractivity contribution in [1.82, 2.24) is 14.9 Å². The van der Waals surface area contributed by atoms with Gasteiger partial charge in [-0.1, -0.05) is 24.3 Å². The molecule has 1 aliphatic rings. The van der Waals surface area contributed by atoms with Crippen LogP contribution in [-0.4, -0.2) is 53.6 Å². The first kappa shape index (κ1) is 19.2. The lowest BCUT2D eigenvalue weighted by Gasteiger charge is -2.22. The van der Waals surface area contributed by atoms with Crippen molar-refractivity contribution in [3.8, 4) is 5.75 Å². The van der Waals surface area contributed by atoms with Crippen LogP contribution >= 0.6 is 0 Å². The Morgan fingerprint density at radius 2 is 1.97 bits per heavy atom. The van der Waals surface area contributed by atoms with Gasteiger partial charge in [0, 0.05) is 26.2 Å². The van der Waals surface area contributed by atoms with E-state index >= 15 is 0 Å². The zero-order chi connectivity index (χ0) is 20.2. The van der Waals surface area contributed by atoms with Crippen molar-refractivity contribution in [2.75, 3.05) is 31.1 Å². The molecule has 3 aromatic rings. The molecule has 0 atom stereocenters. The second-order valence-electron chi connectivity index (χ2n) is 7.00. The maximum absolute atomic E-state index is 12.7. The van der Waals surface area contributed by atoms with Crippen LogP contribution in [0.4, 0.5) is 14.7 Å². The number of alkyl halides is 2. The summed E-state index contributed by atoms with van der Waals surface area (Å²) < 4.78 is 29.2. The molecule has 6 nitrogen and oxygen atoms in total. The number of rotatable bonds is 5. The van der Waals surface area contributed by atoms with Crippen LogP contribution in [0.3, 0.4) is 0 Å². The van der Waals surface area contributed by atoms with Crippen LogP contribution in [0.15, 0.2) is 48.5 Å². The Morgan fingerprint density at radius 3 is 2.79 bits per heavy atom. The third-order valence-electron chi connectivity index (χ3n) is 5.00. The average molecular weight is 400 g/mol. The van der Waals surface area contributed by atoms with Crippen LogP contribution in [0, 0.1) is 0 Å². The number of nitrogens with zero attached hydrogens (tertiary/aromatic N) is 3. The predicted molar refractivity (Wildman–Crippen MR) is 106 cm³/mol. The van der Waals surface area contributed by atoms with E-state index in [1.165, 1.54) is 12.1 Å². The number of benzene rings is 2. The fourth-order valence-electron chi connectivity index (χ4n) is 3.59. The van der Waals surface area contributed by atoms with Gasteiger partial charge in [-0.2, -0.15) is 8.78 Å². The maximum atomic E-state index is 12.7. The number of para-hydroxylation sites is 2. The zero-order valence-corrected chi connectivity index (χ0v) is 15.9. The number of halogens is 2. The van der Waals surface area contributed by atoms with Crippen LogP contribution in [0.2, 0.25) is 0 Å². The number of imidazole rings is 1. The third kappa shape index (κ3) is 4.64. The number of hydrogen-bond donors (Lipinski definition) is 1. The molecule has 2 aromatic carbocycles. The molecule has 1 fully saturated rings. The van der Waals surface area contributed by atoms with Gasteiger partial charge in [0.2, 0.25) is 11.9 Å². The lowest BCUT2D eigenvalue weighted by atomic mass is 10.1. The Morgan fingerprint density at radius 1 is 1.10 bits per heavy atom. The van der Waals surface area contributed by atoms with Crippen LogP contribution < -0.4 is 9.64 Å². The molecule has 0 radical (unpaired) electrons. The molecule has 4 rings (SSSR count). The van der Waals surface area contributed by atoms with E-state index in [-0.39, 0.29) is 18.1 Å². The van der Waals surface area contributed by atoms with Gasteiger partial charge in [-0.05, 0) is 36.2 Å². The van der Waals surface area contributed by atoms with Gasteiger partial charge >= 0.3 is 6.61 Å². The van der Waals surface area contributed by atoms with Crippen molar-refractivity contribution in [3.05, 3.63) is 54.1 Å². The molecule has 1 aromatic heterocycles. The van der Waals surface area contributed by atoms with Gasteiger partial charge in [0.1, 0.15) is 5.75 Å². The van der Waals surface area contributed by atoms with E-state index in [1.54, 1.807) is 12.1 Å². The molecule has 0 unspecified atom stereocenters. The van der Waals surface area contributed by atoms with E-state index in [4.69, 9.17) is 0 Å². The number of H-pyrrole nitrogens is 1. The Balaban J connectivity index is 1.38. The van der Waals surface area contributed by atoms with E-state index in [9.17, 15) is 13.6 Å². The lowest BCUT2D eigenvalue weighted by molar-refractivity contribution is -0.130. The standard InChI is InChI=1S/C21H22F2N4O2/c22-20(23)29-16-6-3-5-15(13-16)14-19(28)26-9-4-10-27(12-11-26)21-24-17-7-1-2-8-18(17)25-21/h1-3,5-8,13,20H,4,9-12,14H2,(H,24,25). The molecule has 1 amide bonds. The number of fused-ring (bicyclic) bond motifs is 1. The van der Waals surface area contributed by atoms with Crippen molar-refractivity contribution < 1.29 is 18.3 Å². The van der Waals surface area contributed by atoms with Crippen molar-refractivity contribution in [1.29, 1.82) is 0 Å². The number of carbonyl (C=O) groups is 1. The number of carbonyl (C=O) groups excluding carboxylic acids is 1. The van der Waals surface area contributed by atoms with E-state index in [0.29, 0.717) is 25.2 Å². The molecule has 0 spiro atoms. The highest BCUT2D eigenvalue weighted by molar-refractivity contribution is 5.79. The lowest BCUT2D eigenvalue weighted by Crippen LogP contribution is -2.36. The molecule has 1 aliphatic heterocycles. The van der Waals surface area contributed by atoms with Crippen molar-refractivity contribution in [2.24, 2.45) is 0 Å². The molecule has 0 saturated carbocycles. The van der Waals surface area contributed by atoms with Crippen LogP contribution in [0.5, 0.6) is 5.75 Å². The van der Waals surface area contributed by atoms with Gasteiger partial charge in [-0.3, -0.25) is 4.79 Å². The number of amides is 1. The second kappa shape index (κ2) is 8.46. The first-order chi connectivity index (χ1) is 14.1. The highest BCUT2D eigenvalue weighted by Gasteiger charge is 2.21. The van der Waals surface area contributed by atoms with Crippen molar-refractivity contribution >= 4 is 22.9 Å². The number of aromatic nitrogens is 2. The Labute approximate surface area is 167 Å². The van der Waals surface area contributed by atoms with Gasteiger partial charge < -0.3 is 19.5 Å². The minimum absolute atomic E-state index is 0.0225. The van der Waals surface area contributed by atoms with E-state index in [2.05, 4.69) is 19.6 Å². The fraction of sp³-hybridized carbons (Fsp3) is 0.333. The highest BCUT2D eigenvalue weighted by atomic mass is 19.3. The van der Waals surface area contributed by atoms with Crippen molar-refractivity contribution in [3.63, 3.8) is 0 Å². The summed E-state index contributed by atoms with van der Waals surface area (Å²) >= 11 is 0.